The molecule has 2 rings (SSSR count). The molecule has 1 unspecified atom stereocenters. The van der Waals surface area contributed by atoms with E-state index in [1.54, 1.807) is 18.3 Å². The van der Waals surface area contributed by atoms with Crippen LogP contribution in [0.25, 0.3) is 0 Å². The maximum absolute atomic E-state index is 12.2. The Hall–Kier alpha value is -1.55. The molecule has 2 aromatic heterocycles. The Kier molecular flexibility index (Phi) is 4.65. The van der Waals surface area contributed by atoms with E-state index in [4.69, 9.17) is 5.84 Å². The van der Waals surface area contributed by atoms with Crippen molar-refractivity contribution in [1.29, 1.82) is 0 Å². The van der Waals surface area contributed by atoms with Gasteiger partial charge in [0.25, 0.3) is 10.0 Å². The molecule has 0 aliphatic heterocycles. The largest absolute Gasteiger partial charge is 0.321 e. The van der Waals surface area contributed by atoms with E-state index in [2.05, 4.69) is 20.1 Å². The number of hydrazine groups is 1. The number of nitrogens with one attached hydrogen (secondary N) is 2. The van der Waals surface area contributed by atoms with Gasteiger partial charge < -0.3 is 5.43 Å². The lowest BCUT2D eigenvalue weighted by molar-refractivity contribution is 0.571. The Morgan fingerprint density at radius 3 is 2.85 bits per heavy atom. The number of nitrogens with two attached hydrogens (primary N) is 1. The average Bonchev–Trinajstić information content (AvgIpc) is 2.99. The van der Waals surface area contributed by atoms with Crippen LogP contribution in [0.3, 0.4) is 0 Å². The maximum atomic E-state index is 12.2. The molecule has 0 aliphatic rings. The van der Waals surface area contributed by atoms with Crippen molar-refractivity contribution in [3.63, 3.8) is 0 Å². The molecule has 2 aromatic rings. The van der Waals surface area contributed by atoms with E-state index in [0.29, 0.717) is 0 Å². The lowest BCUT2D eigenvalue weighted by Gasteiger charge is -2.12. The number of nitrogen functional groups attached to an aromatic ring is 1. The van der Waals surface area contributed by atoms with Gasteiger partial charge >= 0.3 is 0 Å². The van der Waals surface area contributed by atoms with Crippen molar-refractivity contribution in [2.24, 2.45) is 5.84 Å². The number of anilines is 1. The highest BCUT2D eigenvalue weighted by molar-refractivity contribution is 7.89. The lowest BCUT2D eigenvalue weighted by atomic mass is 10.2. The Bertz CT molecular complexity index is 657. The molecule has 0 fully saturated rings. The highest BCUT2D eigenvalue weighted by Gasteiger charge is 2.21. The third-order valence-corrected chi connectivity index (χ3v) is 5.02. The van der Waals surface area contributed by atoms with Crippen LogP contribution < -0.4 is 16.0 Å². The molecule has 0 aromatic carbocycles. The van der Waals surface area contributed by atoms with Crippen LogP contribution in [0.5, 0.6) is 0 Å². The smallest absolute Gasteiger partial charge is 0.260 e. The molecule has 0 bridgehead atoms. The van der Waals surface area contributed by atoms with E-state index in [9.17, 15) is 8.42 Å². The second-order valence-electron chi connectivity index (χ2n) is 4.12. The summed E-state index contributed by atoms with van der Waals surface area (Å²) < 4.78 is 26.9. The topological polar surface area (TPSA) is 110 Å². The van der Waals surface area contributed by atoms with E-state index in [1.807, 2.05) is 12.3 Å². The predicted molar refractivity (Wildman–Crippen MR) is 77.8 cm³/mol. The molecule has 108 valence electrons. The standard InChI is InChI=1S/C11H15N5O2S2/c1-8(10-13-5-6-19-10)7-15-20(17,18)11-9(16-12)3-2-4-14-11/h2-6,8,15-16H,7,12H2,1H3. The molecular formula is C11H15N5O2S2. The van der Waals surface area contributed by atoms with Gasteiger partial charge in [-0.05, 0) is 12.1 Å². The number of sulfonamides is 1. The van der Waals surface area contributed by atoms with Crippen LogP contribution >= 0.6 is 11.3 Å². The molecule has 0 radical (unpaired) electrons. The number of hydrogen-bond donors (Lipinski definition) is 3. The summed E-state index contributed by atoms with van der Waals surface area (Å²) in [5.74, 6) is 5.28. The quantitative estimate of drug-likeness (QED) is 0.540. The number of thiazole rings is 1. The van der Waals surface area contributed by atoms with Crippen molar-refractivity contribution < 1.29 is 8.42 Å². The summed E-state index contributed by atoms with van der Waals surface area (Å²) in [7, 11) is -3.72. The van der Waals surface area contributed by atoms with Crippen LogP contribution in [0.4, 0.5) is 5.69 Å². The Morgan fingerprint density at radius 1 is 1.40 bits per heavy atom. The molecule has 0 amide bonds. The van der Waals surface area contributed by atoms with Gasteiger partial charge in [0, 0.05) is 30.2 Å². The Balaban J connectivity index is 2.12. The van der Waals surface area contributed by atoms with Gasteiger partial charge in [-0.15, -0.1) is 11.3 Å². The van der Waals surface area contributed by atoms with Crippen molar-refractivity contribution in [2.45, 2.75) is 17.9 Å². The van der Waals surface area contributed by atoms with E-state index in [-0.39, 0.29) is 23.2 Å². The third-order valence-electron chi connectivity index (χ3n) is 2.63. The third kappa shape index (κ3) is 3.31. The first-order valence-corrected chi connectivity index (χ1v) is 8.21. The molecule has 2 heterocycles. The zero-order valence-electron chi connectivity index (χ0n) is 10.8. The summed E-state index contributed by atoms with van der Waals surface area (Å²) in [6.45, 7) is 2.15. The highest BCUT2D eigenvalue weighted by Crippen LogP contribution is 2.19. The fourth-order valence-electron chi connectivity index (χ4n) is 1.58. The van der Waals surface area contributed by atoms with Crippen molar-refractivity contribution in [3.05, 3.63) is 34.9 Å². The van der Waals surface area contributed by atoms with Gasteiger partial charge in [0.1, 0.15) is 0 Å². The Labute approximate surface area is 121 Å². The summed E-state index contributed by atoms with van der Waals surface area (Å²) in [5.41, 5.74) is 2.58. The minimum atomic E-state index is -3.72. The number of hydrogen-bond acceptors (Lipinski definition) is 7. The van der Waals surface area contributed by atoms with E-state index in [1.165, 1.54) is 17.5 Å². The summed E-state index contributed by atoms with van der Waals surface area (Å²) in [6, 6.07) is 3.15. The van der Waals surface area contributed by atoms with Crippen LogP contribution in [-0.2, 0) is 10.0 Å². The Morgan fingerprint density at radius 2 is 2.20 bits per heavy atom. The van der Waals surface area contributed by atoms with Gasteiger partial charge in [0.05, 0.1) is 10.7 Å². The second-order valence-corrected chi connectivity index (χ2v) is 6.73. The van der Waals surface area contributed by atoms with Crippen LogP contribution in [0.2, 0.25) is 0 Å². The number of rotatable bonds is 6. The minimum Gasteiger partial charge on any atom is -0.321 e. The minimum absolute atomic E-state index is 0.0113. The molecule has 0 saturated carbocycles. The number of aromatic nitrogens is 2. The molecule has 9 heteroatoms. The number of nitrogens with zero attached hydrogens (tertiary/aromatic N) is 2. The summed E-state index contributed by atoms with van der Waals surface area (Å²) in [6.07, 6.45) is 3.10. The van der Waals surface area contributed by atoms with E-state index >= 15 is 0 Å². The van der Waals surface area contributed by atoms with Crippen LogP contribution in [0.1, 0.15) is 17.8 Å². The van der Waals surface area contributed by atoms with Gasteiger partial charge in [0.15, 0.2) is 5.03 Å². The molecule has 4 N–H and O–H groups in total. The zero-order chi connectivity index (χ0) is 14.6. The molecule has 0 spiro atoms. The SMILES string of the molecule is CC(CNS(=O)(=O)c1ncccc1NN)c1nccs1. The summed E-state index contributed by atoms with van der Waals surface area (Å²) in [5, 5.41) is 2.62. The van der Waals surface area contributed by atoms with Crippen molar-refractivity contribution in [3.8, 4) is 0 Å². The molecule has 7 nitrogen and oxygen atoms in total. The van der Waals surface area contributed by atoms with Gasteiger partial charge in [-0.2, -0.15) is 0 Å². The van der Waals surface area contributed by atoms with Gasteiger partial charge in [-0.3, -0.25) is 5.84 Å². The molecule has 0 aliphatic carbocycles. The van der Waals surface area contributed by atoms with Crippen molar-refractivity contribution in [2.75, 3.05) is 12.0 Å². The lowest BCUT2D eigenvalue weighted by Crippen LogP contribution is -2.29. The highest BCUT2D eigenvalue weighted by atomic mass is 32.2. The number of pyridine rings is 1. The molecular weight excluding hydrogens is 298 g/mol. The van der Waals surface area contributed by atoms with E-state index in [0.717, 1.165) is 5.01 Å². The first-order valence-electron chi connectivity index (χ1n) is 5.85. The molecule has 20 heavy (non-hydrogen) atoms. The van der Waals surface area contributed by atoms with Gasteiger partial charge in [0.2, 0.25) is 0 Å². The zero-order valence-corrected chi connectivity index (χ0v) is 12.4. The van der Waals surface area contributed by atoms with Crippen LogP contribution in [0, 0.1) is 0 Å². The van der Waals surface area contributed by atoms with Gasteiger partial charge in [-0.1, -0.05) is 6.92 Å². The molecule has 0 saturated heterocycles. The predicted octanol–water partition coefficient (Wildman–Crippen LogP) is 0.906. The van der Waals surface area contributed by atoms with Gasteiger partial charge in [-0.25, -0.2) is 23.1 Å². The van der Waals surface area contributed by atoms with Crippen LogP contribution in [0.15, 0.2) is 34.9 Å². The molecule has 1 atom stereocenters. The maximum Gasteiger partial charge on any atom is 0.260 e. The van der Waals surface area contributed by atoms with Crippen molar-refractivity contribution >= 4 is 27.0 Å². The normalized spacial score (nSPS) is 13.1. The monoisotopic (exact) mass is 313 g/mol. The van der Waals surface area contributed by atoms with Crippen molar-refractivity contribution in [1.82, 2.24) is 14.7 Å². The fraction of sp³-hybridized carbons (Fsp3) is 0.273. The second kappa shape index (κ2) is 6.27. The first kappa shape index (κ1) is 14.9. The average molecular weight is 313 g/mol. The summed E-state index contributed by atoms with van der Waals surface area (Å²) >= 11 is 1.49. The first-order chi connectivity index (χ1) is 9.54. The van der Waals surface area contributed by atoms with Crippen LogP contribution in [-0.4, -0.2) is 24.9 Å². The van der Waals surface area contributed by atoms with E-state index < -0.39 is 10.0 Å². The summed E-state index contributed by atoms with van der Waals surface area (Å²) in [4.78, 5) is 8.01. The fourth-order valence-corrected chi connectivity index (χ4v) is 3.50.